The fraction of sp³-hybridized carbons (Fsp3) is 0.318. The number of nitrogens with one attached hydrogen (secondary N) is 2. The maximum atomic E-state index is 13.2. The molecule has 0 atom stereocenters. The molecule has 5 heteroatoms. The van der Waals surface area contributed by atoms with E-state index >= 15 is 0 Å². The van der Waals surface area contributed by atoms with Crippen molar-refractivity contribution in [2.24, 2.45) is 0 Å². The molecule has 0 radical (unpaired) electrons. The van der Waals surface area contributed by atoms with Crippen LogP contribution in [-0.4, -0.2) is 24.1 Å². The molecule has 0 spiro atoms. The topological polar surface area (TPSA) is 63.4 Å². The summed E-state index contributed by atoms with van der Waals surface area (Å²) in [7, 11) is 1.64. The Kier molecular flexibility index (Phi) is 5.13. The number of anilines is 1. The number of H-pyrrole nitrogens is 1. The lowest BCUT2D eigenvalue weighted by Crippen LogP contribution is -2.34. The first-order valence-corrected chi connectivity index (χ1v) is 9.05. The fourth-order valence-corrected chi connectivity index (χ4v) is 3.07. The number of hydrogen-bond acceptors (Lipinski definition) is 3. The Morgan fingerprint density at radius 1 is 1.15 bits per heavy atom. The van der Waals surface area contributed by atoms with Gasteiger partial charge in [-0.15, -0.1) is 0 Å². The summed E-state index contributed by atoms with van der Waals surface area (Å²) in [6.45, 7) is 7.75. The molecule has 2 N–H and O–H groups in total. The summed E-state index contributed by atoms with van der Waals surface area (Å²) in [6, 6.07) is 13.3. The molecule has 0 aliphatic rings. The highest BCUT2D eigenvalue weighted by atomic mass is 16.5. The average molecular weight is 366 g/mol. The van der Waals surface area contributed by atoms with Gasteiger partial charge in [0, 0.05) is 17.1 Å². The molecule has 0 saturated carbocycles. The number of ether oxygens (including phenoxy) is 2. The van der Waals surface area contributed by atoms with Crippen LogP contribution in [0.5, 0.6) is 11.5 Å². The number of hydrogen-bond donors (Lipinski definition) is 2. The van der Waals surface area contributed by atoms with Gasteiger partial charge in [0.2, 0.25) is 5.91 Å². The van der Waals surface area contributed by atoms with Crippen LogP contribution >= 0.6 is 0 Å². The Morgan fingerprint density at radius 3 is 2.59 bits per heavy atom. The van der Waals surface area contributed by atoms with E-state index < -0.39 is 5.41 Å². The second-order valence-electron chi connectivity index (χ2n) is 7.36. The molecular weight excluding hydrogens is 340 g/mol. The third kappa shape index (κ3) is 3.77. The summed E-state index contributed by atoms with van der Waals surface area (Å²) in [4.78, 5) is 16.4. The second-order valence-corrected chi connectivity index (χ2v) is 7.36. The summed E-state index contributed by atoms with van der Waals surface area (Å²) in [6.07, 6.45) is 1.91. The fourth-order valence-electron chi connectivity index (χ4n) is 3.07. The number of aromatic nitrogens is 1. The zero-order valence-electron chi connectivity index (χ0n) is 16.4. The van der Waals surface area contributed by atoms with Crippen molar-refractivity contribution in [1.82, 2.24) is 4.98 Å². The first-order chi connectivity index (χ1) is 12.8. The lowest BCUT2D eigenvalue weighted by Gasteiger charge is -2.24. The van der Waals surface area contributed by atoms with E-state index in [0.29, 0.717) is 11.4 Å². The zero-order valence-corrected chi connectivity index (χ0v) is 16.4. The molecule has 142 valence electrons. The minimum absolute atomic E-state index is 0.0251. The van der Waals surface area contributed by atoms with Crippen LogP contribution in [-0.2, 0) is 10.2 Å². The number of amides is 1. The summed E-state index contributed by atoms with van der Waals surface area (Å²) >= 11 is 0. The number of fused-ring (bicyclic) bond motifs is 1. The largest absolute Gasteiger partial charge is 0.497 e. The molecule has 2 aromatic carbocycles. The van der Waals surface area contributed by atoms with Gasteiger partial charge in [-0.3, -0.25) is 4.79 Å². The Balaban J connectivity index is 1.93. The number of carbonyl (C=O) groups excluding carboxylic acids is 1. The molecule has 3 rings (SSSR count). The van der Waals surface area contributed by atoms with Crippen LogP contribution in [0.2, 0.25) is 0 Å². The highest BCUT2D eigenvalue weighted by Gasteiger charge is 2.33. The van der Waals surface area contributed by atoms with Crippen LogP contribution in [0.4, 0.5) is 5.69 Å². The van der Waals surface area contributed by atoms with Gasteiger partial charge < -0.3 is 19.8 Å². The van der Waals surface area contributed by atoms with Crippen molar-refractivity contribution in [3.63, 3.8) is 0 Å². The molecule has 27 heavy (non-hydrogen) atoms. The molecule has 1 aromatic heterocycles. The lowest BCUT2D eigenvalue weighted by atomic mass is 9.83. The molecule has 0 aliphatic heterocycles. The van der Waals surface area contributed by atoms with Gasteiger partial charge in [-0.25, -0.2) is 0 Å². The van der Waals surface area contributed by atoms with Crippen molar-refractivity contribution in [1.29, 1.82) is 0 Å². The van der Waals surface area contributed by atoms with E-state index in [-0.39, 0.29) is 12.0 Å². The molecule has 1 heterocycles. The van der Waals surface area contributed by atoms with Crippen molar-refractivity contribution in [3.05, 3.63) is 54.2 Å². The predicted octanol–water partition coefficient (Wildman–Crippen LogP) is 4.88. The Labute approximate surface area is 159 Å². The van der Waals surface area contributed by atoms with E-state index in [4.69, 9.17) is 9.47 Å². The second kappa shape index (κ2) is 7.35. The van der Waals surface area contributed by atoms with Crippen LogP contribution in [0.25, 0.3) is 10.9 Å². The monoisotopic (exact) mass is 366 g/mol. The van der Waals surface area contributed by atoms with Crippen molar-refractivity contribution in [3.8, 4) is 11.5 Å². The lowest BCUT2D eigenvalue weighted by molar-refractivity contribution is -0.120. The molecule has 0 unspecified atom stereocenters. The number of methoxy groups -OCH3 is 1. The van der Waals surface area contributed by atoms with Gasteiger partial charge in [-0.1, -0.05) is 12.1 Å². The van der Waals surface area contributed by atoms with Gasteiger partial charge in [-0.2, -0.15) is 0 Å². The molecule has 0 fully saturated rings. The Hall–Kier alpha value is -2.95. The van der Waals surface area contributed by atoms with Crippen LogP contribution in [0.15, 0.2) is 48.7 Å². The molecule has 0 bridgehead atoms. The van der Waals surface area contributed by atoms with Gasteiger partial charge >= 0.3 is 0 Å². The Bertz CT molecular complexity index is 957. The predicted molar refractivity (Wildman–Crippen MR) is 109 cm³/mol. The number of carbonyl (C=O) groups is 1. The first kappa shape index (κ1) is 18.8. The highest BCUT2D eigenvalue weighted by Crippen LogP contribution is 2.34. The maximum absolute atomic E-state index is 13.2. The molecule has 1 amide bonds. The van der Waals surface area contributed by atoms with Crippen molar-refractivity contribution >= 4 is 22.5 Å². The molecule has 0 aliphatic carbocycles. The Morgan fingerprint density at radius 2 is 1.89 bits per heavy atom. The van der Waals surface area contributed by atoms with Crippen LogP contribution in [0.3, 0.4) is 0 Å². The number of benzene rings is 2. The number of para-hydroxylation sites is 2. The van der Waals surface area contributed by atoms with Gasteiger partial charge in [0.25, 0.3) is 0 Å². The van der Waals surface area contributed by atoms with E-state index in [9.17, 15) is 4.79 Å². The quantitative estimate of drug-likeness (QED) is 0.653. The highest BCUT2D eigenvalue weighted by molar-refractivity contribution is 6.02. The van der Waals surface area contributed by atoms with E-state index in [1.165, 1.54) is 0 Å². The van der Waals surface area contributed by atoms with Crippen LogP contribution in [0.1, 0.15) is 33.3 Å². The minimum atomic E-state index is -0.754. The summed E-state index contributed by atoms with van der Waals surface area (Å²) < 4.78 is 11.1. The van der Waals surface area contributed by atoms with Gasteiger partial charge in [0.1, 0.15) is 11.5 Å². The third-order valence-corrected chi connectivity index (χ3v) is 4.63. The van der Waals surface area contributed by atoms with E-state index in [0.717, 1.165) is 22.2 Å². The summed E-state index contributed by atoms with van der Waals surface area (Å²) in [5.41, 5.74) is 1.79. The van der Waals surface area contributed by atoms with Gasteiger partial charge in [0.15, 0.2) is 0 Å². The van der Waals surface area contributed by atoms with Crippen molar-refractivity contribution in [2.75, 3.05) is 12.4 Å². The smallest absolute Gasteiger partial charge is 0.234 e. The molecule has 3 aromatic rings. The first-order valence-electron chi connectivity index (χ1n) is 9.05. The maximum Gasteiger partial charge on any atom is 0.234 e. The molecule has 0 saturated heterocycles. The molecular formula is C22H26N2O3. The van der Waals surface area contributed by atoms with Crippen molar-refractivity contribution < 1.29 is 14.3 Å². The number of aromatic amines is 1. The minimum Gasteiger partial charge on any atom is -0.497 e. The van der Waals surface area contributed by atoms with E-state index in [1.54, 1.807) is 7.11 Å². The average Bonchev–Trinajstić information content (AvgIpc) is 3.06. The standard InChI is InChI=1S/C22H26N2O3/c1-14(2)27-20-9-7-6-8-19(20)24-21(25)22(3,4)17-13-23-18-11-10-15(26-5)12-16(17)18/h6-14,23H,1-5H3,(H,24,25). The van der Waals surface area contributed by atoms with E-state index in [1.807, 2.05) is 76.4 Å². The van der Waals surface area contributed by atoms with Crippen molar-refractivity contribution in [2.45, 2.75) is 39.2 Å². The van der Waals surface area contributed by atoms with Crippen LogP contribution < -0.4 is 14.8 Å². The number of rotatable bonds is 6. The molecule has 5 nitrogen and oxygen atoms in total. The SMILES string of the molecule is COc1ccc2[nH]cc(C(C)(C)C(=O)Nc3ccccc3OC(C)C)c2c1. The van der Waals surface area contributed by atoms with E-state index in [2.05, 4.69) is 10.3 Å². The summed E-state index contributed by atoms with van der Waals surface area (Å²) in [5.74, 6) is 1.32. The van der Waals surface area contributed by atoms with Gasteiger partial charge in [0.05, 0.1) is 24.3 Å². The third-order valence-electron chi connectivity index (χ3n) is 4.63. The summed E-state index contributed by atoms with van der Waals surface area (Å²) in [5, 5.41) is 4.00. The van der Waals surface area contributed by atoms with Crippen LogP contribution in [0, 0.1) is 0 Å². The zero-order chi connectivity index (χ0) is 19.6. The normalized spacial score (nSPS) is 11.6. The van der Waals surface area contributed by atoms with Gasteiger partial charge in [-0.05, 0) is 63.6 Å².